The van der Waals surface area contributed by atoms with Crippen molar-refractivity contribution in [1.82, 2.24) is 20.1 Å². The fourth-order valence-electron chi connectivity index (χ4n) is 2.23. The quantitative estimate of drug-likeness (QED) is 0.463. The maximum atomic E-state index is 11.2. The van der Waals surface area contributed by atoms with Crippen LogP contribution in [0.15, 0.2) is 36.7 Å². The highest BCUT2D eigenvalue weighted by atomic mass is 16.2. The second kappa shape index (κ2) is 7.01. The molecule has 0 bridgehead atoms. The van der Waals surface area contributed by atoms with E-state index in [4.69, 9.17) is 5.84 Å². The van der Waals surface area contributed by atoms with Gasteiger partial charge in [0.05, 0.1) is 12.6 Å². The number of benzene rings is 1. The molecule has 0 radical (unpaired) electrons. The number of aryl methyl sites for hydroxylation is 1. The minimum absolute atomic E-state index is 0.184. The largest absolute Gasteiger partial charge is 0.298 e. The third-order valence-corrected chi connectivity index (χ3v) is 3.21. The van der Waals surface area contributed by atoms with Crippen molar-refractivity contribution in [2.24, 2.45) is 12.9 Å². The summed E-state index contributed by atoms with van der Waals surface area (Å²) in [6.45, 7) is 1.70. The van der Waals surface area contributed by atoms with Crippen LogP contribution in [0.3, 0.4) is 0 Å². The van der Waals surface area contributed by atoms with E-state index in [0.717, 1.165) is 18.7 Å². The van der Waals surface area contributed by atoms with Crippen molar-refractivity contribution in [2.75, 3.05) is 7.05 Å². The molecule has 6 heteroatoms. The first kappa shape index (κ1) is 15.2. The molecule has 3 N–H and O–H groups in total. The van der Waals surface area contributed by atoms with Gasteiger partial charge in [0.1, 0.15) is 0 Å². The highest BCUT2D eigenvalue weighted by Gasteiger charge is 2.05. The number of nitrogens with zero attached hydrogens (tertiary/aromatic N) is 3. The molecule has 1 aromatic carbocycles. The summed E-state index contributed by atoms with van der Waals surface area (Å²) in [7, 11) is 3.99. The van der Waals surface area contributed by atoms with Crippen LogP contribution in [0.2, 0.25) is 0 Å². The summed E-state index contributed by atoms with van der Waals surface area (Å²) in [6, 6.07) is 8.00. The second-order valence-corrected chi connectivity index (χ2v) is 5.26. The Kier molecular flexibility index (Phi) is 5.08. The Labute approximate surface area is 124 Å². The molecule has 0 fully saturated rings. The molecule has 0 aliphatic rings. The molecule has 1 heterocycles. The van der Waals surface area contributed by atoms with Crippen molar-refractivity contribution in [3.05, 3.63) is 53.3 Å². The van der Waals surface area contributed by atoms with Crippen LogP contribution < -0.4 is 11.3 Å². The lowest BCUT2D eigenvalue weighted by atomic mass is 10.1. The van der Waals surface area contributed by atoms with E-state index in [1.165, 1.54) is 11.1 Å². The molecule has 0 saturated carbocycles. The van der Waals surface area contributed by atoms with Crippen molar-refractivity contribution in [3.63, 3.8) is 0 Å². The molecule has 1 aromatic heterocycles. The number of nitrogens with one attached hydrogen (secondary N) is 1. The highest BCUT2D eigenvalue weighted by molar-refractivity contribution is 5.77. The first-order valence-electron chi connectivity index (χ1n) is 6.80. The van der Waals surface area contributed by atoms with Crippen LogP contribution in [0.1, 0.15) is 16.7 Å². The number of carbonyl (C=O) groups excluding carboxylic acids is 1. The number of amides is 1. The topological polar surface area (TPSA) is 76.2 Å². The lowest BCUT2D eigenvalue weighted by Gasteiger charge is -2.15. The van der Waals surface area contributed by atoms with Gasteiger partial charge < -0.3 is 0 Å². The van der Waals surface area contributed by atoms with Gasteiger partial charge in [0, 0.05) is 31.9 Å². The summed E-state index contributed by atoms with van der Waals surface area (Å²) in [4.78, 5) is 13.4. The Morgan fingerprint density at radius 2 is 1.86 bits per heavy atom. The van der Waals surface area contributed by atoms with Crippen LogP contribution in [0.4, 0.5) is 0 Å². The van der Waals surface area contributed by atoms with Crippen LogP contribution in [0.5, 0.6) is 0 Å². The van der Waals surface area contributed by atoms with Crippen LogP contribution in [-0.4, -0.2) is 27.6 Å². The summed E-state index contributed by atoms with van der Waals surface area (Å²) in [5.41, 5.74) is 5.49. The molecular formula is C15H21N5O. The van der Waals surface area contributed by atoms with Gasteiger partial charge in [-0.15, -0.1) is 0 Å². The Hall–Kier alpha value is -2.18. The molecule has 21 heavy (non-hydrogen) atoms. The molecule has 6 nitrogen and oxygen atoms in total. The van der Waals surface area contributed by atoms with Gasteiger partial charge in [-0.2, -0.15) is 5.10 Å². The van der Waals surface area contributed by atoms with E-state index >= 15 is 0 Å². The minimum Gasteiger partial charge on any atom is -0.298 e. The van der Waals surface area contributed by atoms with Crippen LogP contribution in [0, 0.1) is 0 Å². The van der Waals surface area contributed by atoms with Gasteiger partial charge >= 0.3 is 0 Å². The fourth-order valence-corrected chi connectivity index (χ4v) is 2.23. The third-order valence-electron chi connectivity index (χ3n) is 3.21. The van der Waals surface area contributed by atoms with Gasteiger partial charge in [0.2, 0.25) is 5.91 Å². The van der Waals surface area contributed by atoms with Gasteiger partial charge in [0.25, 0.3) is 0 Å². The Morgan fingerprint density at radius 3 is 2.43 bits per heavy atom. The van der Waals surface area contributed by atoms with E-state index in [1.54, 1.807) is 4.68 Å². The Balaban J connectivity index is 1.89. The zero-order valence-corrected chi connectivity index (χ0v) is 12.4. The fraction of sp³-hybridized carbons (Fsp3) is 0.333. The lowest BCUT2D eigenvalue weighted by molar-refractivity contribution is -0.120. The van der Waals surface area contributed by atoms with Crippen LogP contribution >= 0.6 is 0 Å². The molecule has 0 spiro atoms. The molecular weight excluding hydrogens is 266 g/mol. The third kappa shape index (κ3) is 4.70. The number of rotatable bonds is 6. The molecule has 1 amide bonds. The van der Waals surface area contributed by atoms with Gasteiger partial charge in [-0.25, -0.2) is 5.84 Å². The maximum Gasteiger partial charge on any atom is 0.238 e. The number of hydrogen-bond acceptors (Lipinski definition) is 4. The summed E-state index contributed by atoms with van der Waals surface area (Å²) >= 11 is 0. The van der Waals surface area contributed by atoms with Gasteiger partial charge in [-0.05, 0) is 18.2 Å². The van der Waals surface area contributed by atoms with Gasteiger partial charge in [0.15, 0.2) is 0 Å². The average molecular weight is 287 g/mol. The molecule has 2 rings (SSSR count). The smallest absolute Gasteiger partial charge is 0.238 e. The molecule has 0 aliphatic carbocycles. The minimum atomic E-state index is -0.184. The standard InChI is InChI=1S/C15H21N5O/c1-19(10-14-8-17-20(2)11-14)9-13-5-3-12(4-6-13)7-15(21)18-16/h3-6,8,11H,7,9-10,16H2,1-2H3,(H,18,21). The molecule has 2 aromatic rings. The summed E-state index contributed by atoms with van der Waals surface area (Å²) in [5.74, 6) is 4.89. The summed E-state index contributed by atoms with van der Waals surface area (Å²) in [6.07, 6.45) is 4.21. The van der Waals surface area contributed by atoms with Crippen LogP contribution in [0.25, 0.3) is 0 Å². The Bertz CT molecular complexity index is 590. The number of carbonyl (C=O) groups is 1. The SMILES string of the molecule is CN(Cc1ccc(CC(=O)NN)cc1)Cc1cnn(C)c1. The predicted octanol–water partition coefficient (Wildman–Crippen LogP) is 0.585. The normalized spacial score (nSPS) is 10.9. The van der Waals surface area contributed by atoms with E-state index in [0.29, 0.717) is 6.42 Å². The number of aromatic nitrogens is 2. The number of hydrogen-bond donors (Lipinski definition) is 2. The number of hydrazine groups is 1. The predicted molar refractivity (Wildman–Crippen MR) is 80.9 cm³/mol. The monoisotopic (exact) mass is 287 g/mol. The molecule has 0 saturated heterocycles. The van der Waals surface area contributed by atoms with E-state index < -0.39 is 0 Å². The van der Waals surface area contributed by atoms with Gasteiger partial charge in [-0.3, -0.25) is 19.8 Å². The zero-order chi connectivity index (χ0) is 15.2. The van der Waals surface area contributed by atoms with E-state index in [-0.39, 0.29) is 5.91 Å². The molecule has 112 valence electrons. The molecule has 0 aliphatic heterocycles. The highest BCUT2D eigenvalue weighted by Crippen LogP contribution is 2.09. The van der Waals surface area contributed by atoms with Crippen molar-refractivity contribution in [3.8, 4) is 0 Å². The zero-order valence-electron chi connectivity index (χ0n) is 12.4. The molecule has 0 atom stereocenters. The van der Waals surface area contributed by atoms with Crippen molar-refractivity contribution in [1.29, 1.82) is 0 Å². The van der Waals surface area contributed by atoms with Crippen LogP contribution in [-0.2, 0) is 31.4 Å². The average Bonchev–Trinajstić information content (AvgIpc) is 2.86. The van der Waals surface area contributed by atoms with Crippen molar-refractivity contribution >= 4 is 5.91 Å². The molecule has 0 unspecified atom stereocenters. The van der Waals surface area contributed by atoms with E-state index in [9.17, 15) is 4.79 Å². The summed E-state index contributed by atoms with van der Waals surface area (Å²) in [5, 5.41) is 4.17. The van der Waals surface area contributed by atoms with Crippen molar-refractivity contribution < 1.29 is 4.79 Å². The summed E-state index contributed by atoms with van der Waals surface area (Å²) < 4.78 is 1.81. The maximum absolute atomic E-state index is 11.2. The lowest BCUT2D eigenvalue weighted by Crippen LogP contribution is -2.31. The first-order chi connectivity index (χ1) is 10.1. The second-order valence-electron chi connectivity index (χ2n) is 5.26. The van der Waals surface area contributed by atoms with Crippen molar-refractivity contribution in [2.45, 2.75) is 19.5 Å². The first-order valence-corrected chi connectivity index (χ1v) is 6.80. The van der Waals surface area contributed by atoms with E-state index in [1.807, 2.05) is 43.7 Å². The van der Waals surface area contributed by atoms with E-state index in [2.05, 4.69) is 22.5 Å². The number of nitrogens with two attached hydrogens (primary N) is 1. The van der Waals surface area contributed by atoms with Gasteiger partial charge in [-0.1, -0.05) is 24.3 Å². The Morgan fingerprint density at radius 1 is 1.24 bits per heavy atom.